The van der Waals surface area contributed by atoms with Gasteiger partial charge in [0.25, 0.3) is 0 Å². The standard InChI is InChI=1S/C54H48O16/c1-33(55)65-43-25-41-47(51(67-35(3)57)49(43)63-29-39-21-13-7-14-22-39)48-42(26-44(66-34(2)56)50(52(48)68-36(4)58)64-30-40-23-15-8-16-24-40)54(60)70-46(32-62-28-38-19-11-6-12-20-38)45(69-53(41)59)31-61-27-37-17-9-5-10-18-37/h5-26,45-46H,27-32H2,1-4H3/t45-,46-/m0/s1. The molecule has 6 aromatic rings. The minimum absolute atomic E-state index is 0.0540. The largest absolute Gasteiger partial charge is 0.481 e. The molecule has 360 valence electrons. The van der Waals surface area contributed by atoms with E-state index in [9.17, 15) is 19.2 Å². The summed E-state index contributed by atoms with van der Waals surface area (Å²) in [5, 5.41) is 0. The second-order valence-corrected chi connectivity index (χ2v) is 15.7. The van der Waals surface area contributed by atoms with Gasteiger partial charge in [0.1, 0.15) is 13.2 Å². The van der Waals surface area contributed by atoms with Crippen molar-refractivity contribution in [3.8, 4) is 45.6 Å². The van der Waals surface area contributed by atoms with E-state index in [0.717, 1.165) is 51.0 Å². The van der Waals surface area contributed by atoms with Crippen molar-refractivity contribution in [1.29, 1.82) is 0 Å². The van der Waals surface area contributed by atoms with Crippen molar-refractivity contribution in [3.05, 3.63) is 167 Å². The number of rotatable bonds is 18. The van der Waals surface area contributed by atoms with Crippen LogP contribution in [0.2, 0.25) is 0 Å². The second kappa shape index (κ2) is 23.6. The van der Waals surface area contributed by atoms with Gasteiger partial charge in [0.15, 0.2) is 35.2 Å². The van der Waals surface area contributed by atoms with Crippen LogP contribution in [0.5, 0.6) is 34.5 Å². The summed E-state index contributed by atoms with van der Waals surface area (Å²) < 4.78 is 60.5. The summed E-state index contributed by atoms with van der Waals surface area (Å²) in [5.41, 5.74) is 0.941. The van der Waals surface area contributed by atoms with Gasteiger partial charge in [-0.15, -0.1) is 0 Å². The minimum Gasteiger partial charge on any atom is -0.481 e. The van der Waals surface area contributed by atoms with Crippen LogP contribution in [0.4, 0.5) is 0 Å². The molecule has 16 nitrogen and oxygen atoms in total. The van der Waals surface area contributed by atoms with Gasteiger partial charge in [0.05, 0.1) is 37.6 Å². The van der Waals surface area contributed by atoms with Gasteiger partial charge in [-0.1, -0.05) is 121 Å². The average molecular weight is 953 g/mol. The van der Waals surface area contributed by atoms with Gasteiger partial charge in [-0.2, -0.15) is 0 Å². The van der Waals surface area contributed by atoms with E-state index in [2.05, 4.69) is 0 Å². The number of hydrogen-bond acceptors (Lipinski definition) is 16. The van der Waals surface area contributed by atoms with Crippen molar-refractivity contribution < 1.29 is 76.1 Å². The average Bonchev–Trinajstić information content (AvgIpc) is 3.33. The Morgan fingerprint density at radius 3 is 1.01 bits per heavy atom. The van der Waals surface area contributed by atoms with Crippen LogP contribution < -0.4 is 28.4 Å². The highest BCUT2D eigenvalue weighted by Gasteiger charge is 2.41. The molecular weight excluding hydrogens is 905 g/mol. The molecule has 0 spiro atoms. The molecule has 0 aromatic heterocycles. The Morgan fingerprint density at radius 2 is 0.714 bits per heavy atom. The Bertz CT molecular complexity index is 2640. The van der Waals surface area contributed by atoms with Gasteiger partial charge < -0.3 is 47.4 Å². The highest BCUT2D eigenvalue weighted by molar-refractivity contribution is 6.10. The van der Waals surface area contributed by atoms with Crippen LogP contribution in [-0.4, -0.2) is 61.2 Å². The van der Waals surface area contributed by atoms with E-state index in [1.54, 1.807) is 60.7 Å². The molecule has 1 aliphatic rings. The van der Waals surface area contributed by atoms with E-state index in [-0.39, 0.29) is 39.6 Å². The van der Waals surface area contributed by atoms with Gasteiger partial charge >= 0.3 is 35.8 Å². The van der Waals surface area contributed by atoms with Crippen molar-refractivity contribution in [2.45, 2.75) is 66.3 Å². The summed E-state index contributed by atoms with van der Waals surface area (Å²) in [6, 6.07) is 38.1. The molecule has 0 saturated carbocycles. The molecule has 0 amide bonds. The van der Waals surface area contributed by atoms with E-state index >= 15 is 9.59 Å². The van der Waals surface area contributed by atoms with Gasteiger partial charge in [0, 0.05) is 51.0 Å². The first-order valence-corrected chi connectivity index (χ1v) is 22.0. The topological polar surface area (TPSA) is 195 Å². The van der Waals surface area contributed by atoms with Crippen molar-refractivity contribution in [3.63, 3.8) is 0 Å². The van der Waals surface area contributed by atoms with Gasteiger partial charge in [-0.05, 0) is 22.3 Å². The van der Waals surface area contributed by atoms with Gasteiger partial charge in [-0.3, -0.25) is 19.2 Å². The van der Waals surface area contributed by atoms with Crippen LogP contribution in [0, 0.1) is 0 Å². The maximum atomic E-state index is 15.2. The summed E-state index contributed by atoms with van der Waals surface area (Å²) in [6.07, 6.45) is -2.83. The molecule has 16 heteroatoms. The number of hydrogen-bond donors (Lipinski definition) is 0. The lowest BCUT2D eigenvalue weighted by Gasteiger charge is -2.30. The van der Waals surface area contributed by atoms with Crippen molar-refractivity contribution in [2.75, 3.05) is 13.2 Å². The zero-order valence-electron chi connectivity index (χ0n) is 38.6. The first kappa shape index (κ1) is 49.6. The molecule has 0 N–H and O–H groups in total. The first-order chi connectivity index (χ1) is 33.8. The highest BCUT2D eigenvalue weighted by Crippen LogP contribution is 2.55. The molecule has 1 aliphatic heterocycles. The first-order valence-electron chi connectivity index (χ1n) is 22.0. The fourth-order valence-electron chi connectivity index (χ4n) is 7.30. The van der Waals surface area contributed by atoms with Gasteiger partial charge in [0.2, 0.25) is 11.5 Å². The molecule has 70 heavy (non-hydrogen) atoms. The quantitative estimate of drug-likeness (QED) is 0.0586. The molecule has 7 rings (SSSR count). The smallest absolute Gasteiger partial charge is 0.339 e. The van der Waals surface area contributed by atoms with Crippen LogP contribution in [0.25, 0.3) is 11.1 Å². The molecule has 0 saturated heterocycles. The SMILES string of the molecule is CC(=O)Oc1cc2c(c(OC(C)=O)c1OCc1ccccc1)-c1c(cc(OC(C)=O)c(OCc3ccccc3)c1OC(C)=O)C(=O)O[C@@H](COCc1ccccc1)[C@H](COCc1ccccc1)OC2=O. The Hall–Kier alpha value is -8.34. The Kier molecular flexibility index (Phi) is 16.7. The summed E-state index contributed by atoms with van der Waals surface area (Å²) in [6.45, 7) is 3.31. The Morgan fingerprint density at radius 1 is 0.414 bits per heavy atom. The summed E-state index contributed by atoms with van der Waals surface area (Å²) in [5.74, 6) is -8.69. The number of benzene rings is 6. The number of ether oxygens (including phenoxy) is 10. The number of fused-ring (bicyclic) bond motifs is 3. The lowest BCUT2D eigenvalue weighted by Crippen LogP contribution is -2.42. The predicted octanol–water partition coefficient (Wildman–Crippen LogP) is 8.71. The molecule has 0 unspecified atom stereocenters. The fraction of sp³-hybridized carbons (Fsp3) is 0.222. The number of carbonyl (C=O) groups is 6. The molecule has 0 fully saturated rings. The summed E-state index contributed by atoms with van der Waals surface area (Å²) in [7, 11) is 0. The molecule has 0 aliphatic carbocycles. The fourth-order valence-corrected chi connectivity index (χ4v) is 7.30. The van der Waals surface area contributed by atoms with Crippen LogP contribution in [0.1, 0.15) is 70.7 Å². The molecule has 2 atom stereocenters. The summed E-state index contributed by atoms with van der Waals surface area (Å²) in [4.78, 5) is 82.7. The molecule has 1 heterocycles. The van der Waals surface area contributed by atoms with Crippen LogP contribution in [0.3, 0.4) is 0 Å². The molecular formula is C54H48O16. The molecule has 6 aromatic carbocycles. The van der Waals surface area contributed by atoms with E-state index in [1.807, 2.05) is 60.7 Å². The highest BCUT2D eigenvalue weighted by atomic mass is 16.6. The number of esters is 6. The van der Waals surface area contributed by atoms with Crippen LogP contribution >= 0.6 is 0 Å². The van der Waals surface area contributed by atoms with E-state index in [1.165, 1.54) is 0 Å². The number of carbonyl (C=O) groups excluding carboxylic acids is 6. The Labute approximate surface area is 402 Å². The zero-order valence-corrected chi connectivity index (χ0v) is 38.6. The predicted molar refractivity (Wildman–Crippen MR) is 249 cm³/mol. The van der Waals surface area contributed by atoms with Crippen molar-refractivity contribution in [1.82, 2.24) is 0 Å². The lowest BCUT2D eigenvalue weighted by atomic mass is 9.91. The van der Waals surface area contributed by atoms with Crippen molar-refractivity contribution >= 4 is 35.8 Å². The monoisotopic (exact) mass is 952 g/mol. The third-order valence-electron chi connectivity index (χ3n) is 10.3. The minimum atomic E-state index is -1.41. The van der Waals surface area contributed by atoms with E-state index in [4.69, 9.17) is 47.4 Å². The third kappa shape index (κ3) is 13.0. The zero-order chi connectivity index (χ0) is 49.6. The Balaban J connectivity index is 1.52. The van der Waals surface area contributed by atoms with Crippen LogP contribution in [0.15, 0.2) is 133 Å². The maximum Gasteiger partial charge on any atom is 0.339 e. The molecule has 0 radical (unpaired) electrons. The summed E-state index contributed by atoms with van der Waals surface area (Å²) >= 11 is 0. The maximum absolute atomic E-state index is 15.2. The number of cyclic esters (lactones) is 2. The van der Waals surface area contributed by atoms with Gasteiger partial charge in [-0.25, -0.2) is 9.59 Å². The van der Waals surface area contributed by atoms with E-state index < -0.39 is 105 Å². The normalized spacial score (nSPS) is 14.1. The third-order valence-corrected chi connectivity index (χ3v) is 10.3. The van der Waals surface area contributed by atoms with Crippen molar-refractivity contribution in [2.24, 2.45) is 0 Å². The second-order valence-electron chi connectivity index (χ2n) is 15.7. The lowest BCUT2D eigenvalue weighted by molar-refractivity contribution is -0.133. The van der Waals surface area contributed by atoms with E-state index in [0.29, 0.717) is 11.1 Å². The van der Waals surface area contributed by atoms with Crippen LogP contribution in [-0.2, 0) is 64.6 Å². The molecule has 0 bridgehead atoms.